The highest BCUT2D eigenvalue weighted by molar-refractivity contribution is 6.05. The van der Waals surface area contributed by atoms with Crippen molar-refractivity contribution >= 4 is 16.5 Å². The topological polar surface area (TPSA) is 26.3 Å². The SMILES string of the molecule is CCCCCCC(CCC)(CCCCCC)CCC(=O)O[SiH3]. The summed E-state index contributed by atoms with van der Waals surface area (Å²) in [5, 5.41) is 0. The standard InChI is InChI=1S/C19H40O2Si/c1-4-7-9-11-15-19(14-6-3,16-12-10-8-5-2)17-13-18(20)21-22/h4-17H2,1-3,22H3. The second-order valence-electron chi connectivity index (χ2n) is 6.95. The fourth-order valence-electron chi connectivity index (χ4n) is 3.60. The highest BCUT2D eigenvalue weighted by Crippen LogP contribution is 2.41. The molecule has 3 heteroatoms. The van der Waals surface area contributed by atoms with Crippen LogP contribution < -0.4 is 0 Å². The summed E-state index contributed by atoms with van der Waals surface area (Å²) in [5.74, 6) is 0.0225. The molecule has 0 unspecified atom stereocenters. The maximum atomic E-state index is 11.6. The van der Waals surface area contributed by atoms with Gasteiger partial charge in [-0.15, -0.1) is 0 Å². The molecule has 0 rings (SSSR count). The van der Waals surface area contributed by atoms with Crippen LogP contribution in [-0.4, -0.2) is 16.5 Å². The molecule has 0 aliphatic rings. The zero-order valence-corrected chi connectivity index (χ0v) is 17.7. The van der Waals surface area contributed by atoms with Crippen LogP contribution in [0.2, 0.25) is 0 Å². The number of carbonyl (C=O) groups excluding carboxylic acids is 1. The van der Waals surface area contributed by atoms with Crippen LogP contribution in [-0.2, 0) is 9.22 Å². The summed E-state index contributed by atoms with van der Waals surface area (Å²) >= 11 is 0. The summed E-state index contributed by atoms with van der Waals surface area (Å²) in [4.78, 5) is 11.6. The summed E-state index contributed by atoms with van der Waals surface area (Å²) in [6, 6.07) is 0. The molecule has 0 amide bonds. The molecule has 0 heterocycles. The minimum atomic E-state index is 0.0225. The molecule has 0 spiro atoms. The average molecular weight is 329 g/mol. The largest absolute Gasteiger partial charge is 0.529 e. The molecule has 2 nitrogen and oxygen atoms in total. The molecule has 0 aliphatic carbocycles. The number of carbonyl (C=O) groups is 1. The smallest absolute Gasteiger partial charge is 0.291 e. The molecule has 22 heavy (non-hydrogen) atoms. The van der Waals surface area contributed by atoms with Crippen molar-refractivity contribution in [3.05, 3.63) is 0 Å². The van der Waals surface area contributed by atoms with Gasteiger partial charge in [-0.3, -0.25) is 4.79 Å². The molecule has 0 aliphatic heterocycles. The van der Waals surface area contributed by atoms with Crippen molar-refractivity contribution in [2.24, 2.45) is 5.41 Å². The second kappa shape index (κ2) is 14.3. The summed E-state index contributed by atoms with van der Waals surface area (Å²) in [7, 11) is 0.534. The summed E-state index contributed by atoms with van der Waals surface area (Å²) < 4.78 is 5.01. The number of hydrogen-bond acceptors (Lipinski definition) is 2. The predicted molar refractivity (Wildman–Crippen MR) is 100 cm³/mol. The highest BCUT2D eigenvalue weighted by atomic mass is 28.2. The maximum Gasteiger partial charge on any atom is 0.291 e. The van der Waals surface area contributed by atoms with Crippen LogP contribution in [0.5, 0.6) is 0 Å². The van der Waals surface area contributed by atoms with Gasteiger partial charge in [0.15, 0.2) is 0 Å². The van der Waals surface area contributed by atoms with E-state index in [0.717, 1.165) is 6.42 Å². The molecule has 0 saturated heterocycles. The van der Waals surface area contributed by atoms with E-state index >= 15 is 0 Å². The molecule has 0 aromatic rings. The lowest BCUT2D eigenvalue weighted by molar-refractivity contribution is -0.134. The monoisotopic (exact) mass is 328 g/mol. The Morgan fingerprint density at radius 1 is 0.773 bits per heavy atom. The number of unbranched alkanes of at least 4 members (excludes halogenated alkanes) is 6. The van der Waals surface area contributed by atoms with E-state index in [0.29, 0.717) is 22.3 Å². The van der Waals surface area contributed by atoms with Gasteiger partial charge >= 0.3 is 0 Å². The van der Waals surface area contributed by atoms with Gasteiger partial charge in [0.25, 0.3) is 5.97 Å². The summed E-state index contributed by atoms with van der Waals surface area (Å²) in [6.45, 7) is 6.83. The lowest BCUT2D eigenvalue weighted by atomic mass is 9.71. The van der Waals surface area contributed by atoms with Crippen molar-refractivity contribution in [3.8, 4) is 0 Å². The lowest BCUT2D eigenvalue weighted by Gasteiger charge is -2.34. The van der Waals surface area contributed by atoms with Gasteiger partial charge in [-0.05, 0) is 31.1 Å². The first kappa shape index (κ1) is 21.7. The van der Waals surface area contributed by atoms with E-state index in [2.05, 4.69) is 20.8 Å². The zero-order chi connectivity index (χ0) is 16.7. The molecule has 132 valence electrons. The fraction of sp³-hybridized carbons (Fsp3) is 0.947. The van der Waals surface area contributed by atoms with Crippen molar-refractivity contribution in [2.75, 3.05) is 0 Å². The Balaban J connectivity index is 4.56. The van der Waals surface area contributed by atoms with E-state index < -0.39 is 0 Å². The molecule has 0 bridgehead atoms. The van der Waals surface area contributed by atoms with E-state index in [9.17, 15) is 4.79 Å². The van der Waals surface area contributed by atoms with Gasteiger partial charge in [0.1, 0.15) is 0 Å². The Kier molecular flexibility index (Phi) is 14.1. The Hall–Kier alpha value is -0.313. The van der Waals surface area contributed by atoms with Gasteiger partial charge in [-0.1, -0.05) is 78.6 Å². The van der Waals surface area contributed by atoms with E-state index in [1.807, 2.05) is 0 Å². The second-order valence-corrected chi connectivity index (χ2v) is 7.36. The molecular formula is C19H40O2Si. The molecule has 0 N–H and O–H groups in total. The van der Waals surface area contributed by atoms with Gasteiger partial charge < -0.3 is 4.43 Å². The molecule has 0 saturated carbocycles. The van der Waals surface area contributed by atoms with E-state index in [1.54, 1.807) is 0 Å². The molecule has 0 fully saturated rings. The minimum absolute atomic E-state index is 0.0225. The van der Waals surface area contributed by atoms with Gasteiger partial charge in [-0.25, -0.2) is 0 Å². The molecule has 0 atom stereocenters. The maximum absolute atomic E-state index is 11.6. The fourth-order valence-corrected chi connectivity index (χ4v) is 3.81. The lowest BCUT2D eigenvalue weighted by Crippen LogP contribution is -2.23. The average Bonchev–Trinajstić information content (AvgIpc) is 2.53. The van der Waals surface area contributed by atoms with Crippen molar-refractivity contribution in [1.29, 1.82) is 0 Å². The third-order valence-electron chi connectivity index (χ3n) is 4.99. The number of rotatable bonds is 15. The Morgan fingerprint density at radius 3 is 1.73 bits per heavy atom. The first-order valence-corrected chi connectivity index (χ1v) is 10.5. The highest BCUT2D eigenvalue weighted by Gasteiger charge is 2.28. The Labute approximate surface area is 142 Å². The van der Waals surface area contributed by atoms with Crippen molar-refractivity contribution in [3.63, 3.8) is 0 Å². The third kappa shape index (κ3) is 10.4. The van der Waals surface area contributed by atoms with Gasteiger partial charge in [0.05, 0.1) is 0 Å². The normalized spacial score (nSPS) is 11.8. The molecule has 0 radical (unpaired) electrons. The van der Waals surface area contributed by atoms with Gasteiger partial charge in [0, 0.05) is 6.42 Å². The van der Waals surface area contributed by atoms with Crippen LogP contribution in [0.15, 0.2) is 0 Å². The molecule has 0 aromatic heterocycles. The van der Waals surface area contributed by atoms with Gasteiger partial charge in [-0.2, -0.15) is 0 Å². The quantitative estimate of drug-likeness (QED) is 0.300. The molecular weight excluding hydrogens is 288 g/mol. The molecule has 0 aromatic carbocycles. The van der Waals surface area contributed by atoms with Crippen LogP contribution in [0, 0.1) is 5.41 Å². The van der Waals surface area contributed by atoms with Crippen LogP contribution in [0.4, 0.5) is 0 Å². The minimum Gasteiger partial charge on any atom is -0.529 e. The Morgan fingerprint density at radius 2 is 1.32 bits per heavy atom. The van der Waals surface area contributed by atoms with Crippen LogP contribution in [0.3, 0.4) is 0 Å². The predicted octanol–water partition coefficient (Wildman–Crippen LogP) is 5.32. The van der Waals surface area contributed by atoms with E-state index in [4.69, 9.17) is 4.43 Å². The van der Waals surface area contributed by atoms with Crippen molar-refractivity contribution in [2.45, 2.75) is 111 Å². The first-order valence-electron chi connectivity index (χ1n) is 9.71. The first-order chi connectivity index (χ1) is 10.6. The van der Waals surface area contributed by atoms with E-state index in [1.165, 1.54) is 77.0 Å². The van der Waals surface area contributed by atoms with Gasteiger partial charge in [0.2, 0.25) is 10.5 Å². The third-order valence-corrected chi connectivity index (χ3v) is 5.44. The van der Waals surface area contributed by atoms with Crippen LogP contribution in [0.25, 0.3) is 0 Å². The number of hydrogen-bond donors (Lipinski definition) is 0. The zero-order valence-electron chi connectivity index (χ0n) is 15.7. The van der Waals surface area contributed by atoms with E-state index in [-0.39, 0.29) is 5.97 Å². The van der Waals surface area contributed by atoms with Crippen LogP contribution in [0.1, 0.15) is 111 Å². The van der Waals surface area contributed by atoms with Crippen molar-refractivity contribution in [1.82, 2.24) is 0 Å². The van der Waals surface area contributed by atoms with Crippen molar-refractivity contribution < 1.29 is 9.22 Å². The Bertz CT molecular complexity index is 254. The summed E-state index contributed by atoms with van der Waals surface area (Å²) in [5.41, 5.74) is 0.395. The summed E-state index contributed by atoms with van der Waals surface area (Å²) in [6.07, 6.45) is 17.4. The van der Waals surface area contributed by atoms with Crippen LogP contribution >= 0.6 is 0 Å².